The van der Waals surface area contributed by atoms with Crippen LogP contribution in [0, 0.1) is 24.6 Å². The number of hydrogen-bond donors (Lipinski definition) is 1. The molecule has 0 aromatic heterocycles. The minimum absolute atomic E-state index is 0.348. The highest BCUT2D eigenvalue weighted by Gasteiger charge is 2.31. The largest absolute Gasteiger partial charge is 0.550 e. The molecule has 2 rings (SSSR count). The molecule has 0 bridgehead atoms. The van der Waals surface area contributed by atoms with Crippen LogP contribution in [0.1, 0.15) is 31.2 Å². The third kappa shape index (κ3) is 3.15. The quantitative estimate of drug-likeness (QED) is 0.913. The number of nitrogens with one attached hydrogen (secondary N) is 1. The van der Waals surface area contributed by atoms with Gasteiger partial charge in [0.25, 0.3) is 0 Å². The standard InChI is InChI=1S/C15H18FNO3/c1-9-6-7-10(8-13(9)16)17-14(18)11-4-2-3-5-12(11)15(19)20/h6-8,11-12H,2-5H2,1H3,(H,17,18)(H,19,20)/p-1/t11-,12-/m1/s1. The van der Waals surface area contributed by atoms with E-state index in [9.17, 15) is 19.1 Å². The lowest BCUT2D eigenvalue weighted by Crippen LogP contribution is -2.42. The summed E-state index contributed by atoms with van der Waals surface area (Å²) >= 11 is 0. The number of benzene rings is 1. The van der Waals surface area contributed by atoms with Crippen LogP contribution < -0.4 is 10.4 Å². The molecule has 0 unspecified atom stereocenters. The van der Waals surface area contributed by atoms with Gasteiger partial charge in [-0.15, -0.1) is 0 Å². The molecule has 2 atom stereocenters. The van der Waals surface area contributed by atoms with Gasteiger partial charge < -0.3 is 15.2 Å². The summed E-state index contributed by atoms with van der Waals surface area (Å²) < 4.78 is 13.4. The van der Waals surface area contributed by atoms with Crippen LogP contribution in [0.25, 0.3) is 0 Å². The van der Waals surface area contributed by atoms with Gasteiger partial charge in [0.05, 0.1) is 0 Å². The first-order valence-electron chi connectivity index (χ1n) is 6.77. The highest BCUT2D eigenvalue weighted by molar-refractivity contribution is 5.95. The molecule has 20 heavy (non-hydrogen) atoms. The van der Waals surface area contributed by atoms with Gasteiger partial charge in [-0.2, -0.15) is 0 Å². The van der Waals surface area contributed by atoms with Gasteiger partial charge >= 0.3 is 0 Å². The summed E-state index contributed by atoms with van der Waals surface area (Å²) in [6.07, 6.45) is 2.60. The Morgan fingerprint density at radius 3 is 2.50 bits per heavy atom. The number of halogens is 1. The second-order valence-corrected chi connectivity index (χ2v) is 5.27. The van der Waals surface area contributed by atoms with Gasteiger partial charge in [0.2, 0.25) is 5.91 Å². The molecule has 1 fully saturated rings. The molecule has 1 saturated carbocycles. The molecule has 4 nitrogen and oxygen atoms in total. The smallest absolute Gasteiger partial charge is 0.228 e. The normalized spacial score (nSPS) is 22.3. The van der Waals surface area contributed by atoms with Gasteiger partial charge in [-0.05, 0) is 37.5 Å². The van der Waals surface area contributed by atoms with Crippen molar-refractivity contribution >= 4 is 17.6 Å². The summed E-state index contributed by atoms with van der Waals surface area (Å²) in [4.78, 5) is 23.2. The number of hydrogen-bond acceptors (Lipinski definition) is 3. The van der Waals surface area contributed by atoms with Crippen LogP contribution in [0.5, 0.6) is 0 Å². The summed E-state index contributed by atoms with van der Waals surface area (Å²) in [6.45, 7) is 1.63. The first-order valence-corrected chi connectivity index (χ1v) is 6.77. The number of anilines is 1. The lowest BCUT2D eigenvalue weighted by molar-refractivity contribution is -0.313. The van der Waals surface area contributed by atoms with Gasteiger partial charge in [-0.25, -0.2) is 4.39 Å². The molecule has 0 spiro atoms. The van der Waals surface area contributed by atoms with E-state index in [0.717, 1.165) is 12.8 Å². The van der Waals surface area contributed by atoms with Crippen LogP contribution in [0.3, 0.4) is 0 Å². The predicted octanol–water partition coefficient (Wildman–Crippen LogP) is 1.63. The predicted molar refractivity (Wildman–Crippen MR) is 70.2 cm³/mol. The molecule has 1 amide bonds. The number of amides is 1. The SMILES string of the molecule is Cc1ccc(NC(=O)[C@@H]2CCCC[C@H]2C(=O)[O-])cc1F. The average molecular weight is 278 g/mol. The Kier molecular flexibility index (Phi) is 4.37. The van der Waals surface area contributed by atoms with Crippen molar-refractivity contribution < 1.29 is 19.1 Å². The molecule has 0 radical (unpaired) electrons. The van der Waals surface area contributed by atoms with Crippen LogP contribution >= 0.6 is 0 Å². The molecule has 5 heteroatoms. The van der Waals surface area contributed by atoms with E-state index in [1.54, 1.807) is 19.1 Å². The molecule has 1 aliphatic carbocycles. The lowest BCUT2D eigenvalue weighted by atomic mass is 9.78. The maximum absolute atomic E-state index is 13.4. The fourth-order valence-electron chi connectivity index (χ4n) is 2.63. The number of carbonyl (C=O) groups is 2. The third-order valence-corrected chi connectivity index (χ3v) is 3.84. The lowest BCUT2D eigenvalue weighted by Gasteiger charge is -2.31. The Hall–Kier alpha value is -1.91. The zero-order chi connectivity index (χ0) is 14.7. The molecule has 108 valence electrons. The molecule has 1 aromatic rings. The zero-order valence-electron chi connectivity index (χ0n) is 11.3. The van der Waals surface area contributed by atoms with Crippen molar-refractivity contribution in [2.24, 2.45) is 11.8 Å². The second kappa shape index (κ2) is 6.03. The van der Waals surface area contributed by atoms with E-state index in [4.69, 9.17) is 0 Å². The summed E-state index contributed by atoms with van der Waals surface area (Å²) in [7, 11) is 0. The van der Waals surface area contributed by atoms with Crippen molar-refractivity contribution in [3.8, 4) is 0 Å². The first kappa shape index (κ1) is 14.5. The van der Waals surface area contributed by atoms with Crippen molar-refractivity contribution in [2.45, 2.75) is 32.6 Å². The van der Waals surface area contributed by atoms with Gasteiger partial charge in [-0.1, -0.05) is 18.9 Å². The average Bonchev–Trinajstić information content (AvgIpc) is 2.43. The van der Waals surface area contributed by atoms with Crippen molar-refractivity contribution in [1.82, 2.24) is 0 Å². The van der Waals surface area contributed by atoms with Crippen molar-refractivity contribution in [3.05, 3.63) is 29.6 Å². The van der Waals surface area contributed by atoms with Crippen LogP contribution in [0.15, 0.2) is 18.2 Å². The molecule has 0 saturated heterocycles. The Labute approximate surface area is 117 Å². The molecular weight excluding hydrogens is 261 g/mol. The molecule has 1 N–H and O–H groups in total. The first-order chi connectivity index (χ1) is 9.49. The number of carbonyl (C=O) groups excluding carboxylic acids is 2. The van der Waals surface area contributed by atoms with E-state index in [1.807, 2.05) is 0 Å². The Morgan fingerprint density at radius 1 is 1.25 bits per heavy atom. The van der Waals surface area contributed by atoms with Crippen LogP contribution in [-0.4, -0.2) is 11.9 Å². The number of aryl methyl sites for hydroxylation is 1. The van der Waals surface area contributed by atoms with Gasteiger partial charge in [0.15, 0.2) is 0 Å². The Bertz CT molecular complexity index is 530. The number of rotatable bonds is 3. The number of carboxylic acid groups (broad SMARTS) is 1. The summed E-state index contributed by atoms with van der Waals surface area (Å²) in [5.41, 5.74) is 0.842. The van der Waals surface area contributed by atoms with Crippen LogP contribution in [-0.2, 0) is 9.59 Å². The minimum Gasteiger partial charge on any atom is -0.550 e. The van der Waals surface area contributed by atoms with E-state index >= 15 is 0 Å². The summed E-state index contributed by atoms with van der Waals surface area (Å²) in [5, 5.41) is 13.7. The van der Waals surface area contributed by atoms with Crippen LogP contribution in [0.4, 0.5) is 10.1 Å². The fourth-order valence-corrected chi connectivity index (χ4v) is 2.63. The second-order valence-electron chi connectivity index (χ2n) is 5.27. The number of carboxylic acids is 1. The molecule has 1 aliphatic rings. The summed E-state index contributed by atoms with van der Waals surface area (Å²) in [5.74, 6) is -3.30. The minimum atomic E-state index is -1.18. The van der Waals surface area contributed by atoms with E-state index in [1.165, 1.54) is 6.07 Å². The fraction of sp³-hybridized carbons (Fsp3) is 0.467. The molecule has 1 aromatic carbocycles. The highest BCUT2D eigenvalue weighted by Crippen LogP contribution is 2.30. The van der Waals surface area contributed by atoms with E-state index in [0.29, 0.717) is 24.1 Å². The third-order valence-electron chi connectivity index (χ3n) is 3.84. The molecular formula is C15H17FNO3-. The molecule has 0 aliphatic heterocycles. The zero-order valence-corrected chi connectivity index (χ0v) is 11.3. The topological polar surface area (TPSA) is 69.2 Å². The van der Waals surface area contributed by atoms with E-state index < -0.39 is 23.6 Å². The van der Waals surface area contributed by atoms with Gasteiger partial charge in [0, 0.05) is 23.5 Å². The van der Waals surface area contributed by atoms with Gasteiger partial charge in [0.1, 0.15) is 5.82 Å². The van der Waals surface area contributed by atoms with Crippen LogP contribution in [0.2, 0.25) is 0 Å². The van der Waals surface area contributed by atoms with Crippen molar-refractivity contribution in [3.63, 3.8) is 0 Å². The van der Waals surface area contributed by atoms with E-state index in [2.05, 4.69) is 5.32 Å². The van der Waals surface area contributed by atoms with Crippen molar-refractivity contribution in [1.29, 1.82) is 0 Å². The van der Waals surface area contributed by atoms with Gasteiger partial charge in [-0.3, -0.25) is 4.79 Å². The summed E-state index contributed by atoms with van der Waals surface area (Å²) in [6, 6.07) is 4.42. The number of aliphatic carboxylic acids is 1. The van der Waals surface area contributed by atoms with E-state index in [-0.39, 0.29) is 5.91 Å². The maximum atomic E-state index is 13.4. The van der Waals surface area contributed by atoms with Crippen molar-refractivity contribution in [2.75, 3.05) is 5.32 Å². The highest BCUT2D eigenvalue weighted by atomic mass is 19.1. The monoisotopic (exact) mass is 278 g/mol. The Balaban J connectivity index is 2.09. The molecule has 0 heterocycles. The maximum Gasteiger partial charge on any atom is 0.228 e. The Morgan fingerprint density at radius 2 is 1.90 bits per heavy atom.